The highest BCUT2D eigenvalue weighted by molar-refractivity contribution is 14.1. The maximum absolute atomic E-state index is 13.4. The predicted octanol–water partition coefficient (Wildman–Crippen LogP) is 3.02. The highest BCUT2D eigenvalue weighted by atomic mass is 127. The van der Waals surface area contributed by atoms with E-state index in [1.165, 1.54) is 18.3 Å². The molecule has 1 aromatic carbocycles. The third-order valence-electron chi connectivity index (χ3n) is 2.32. The maximum Gasteiger partial charge on any atom is 0.154 e. The van der Waals surface area contributed by atoms with Crippen LogP contribution in [0.4, 0.5) is 21.6 Å². The fourth-order valence-electron chi connectivity index (χ4n) is 1.40. The first-order valence-corrected chi connectivity index (χ1v) is 6.07. The molecule has 0 atom stereocenters. The first-order chi connectivity index (χ1) is 8.63. The second-order valence-electron chi connectivity index (χ2n) is 3.46. The number of rotatable bonds is 2. The molecule has 90 valence electrons. The summed E-state index contributed by atoms with van der Waals surface area (Å²) in [5.41, 5.74) is 6.93. The van der Waals surface area contributed by atoms with Crippen LogP contribution in [0.2, 0.25) is 0 Å². The zero-order valence-electron chi connectivity index (χ0n) is 9.11. The molecule has 0 aliphatic heterocycles. The molecular formula is C12H8FIN4. The summed E-state index contributed by atoms with van der Waals surface area (Å²) in [5.74, 6) is 0.0215. The van der Waals surface area contributed by atoms with E-state index < -0.39 is 0 Å². The first-order valence-electron chi connectivity index (χ1n) is 4.99. The third-order valence-corrected chi connectivity index (χ3v) is 3.41. The second kappa shape index (κ2) is 5.18. The number of halogens is 2. The standard InChI is InChI=1S/C12H8FIN4/c13-8-2-1-3-9(10(8)14)18-12-11(16)7(6-15)4-5-17-12/h1-5H,16H2,(H,17,18). The van der Waals surface area contributed by atoms with Crippen molar-refractivity contribution in [1.82, 2.24) is 4.98 Å². The molecule has 0 spiro atoms. The predicted molar refractivity (Wildman–Crippen MR) is 75.8 cm³/mol. The van der Waals surface area contributed by atoms with Gasteiger partial charge in [-0.05, 0) is 40.8 Å². The number of aromatic nitrogens is 1. The third kappa shape index (κ3) is 2.36. The van der Waals surface area contributed by atoms with Crippen molar-refractivity contribution in [2.75, 3.05) is 11.1 Å². The van der Waals surface area contributed by atoms with Gasteiger partial charge in [0.15, 0.2) is 5.82 Å². The molecule has 0 unspecified atom stereocenters. The van der Waals surface area contributed by atoms with E-state index in [-0.39, 0.29) is 11.5 Å². The van der Waals surface area contributed by atoms with Gasteiger partial charge in [0.2, 0.25) is 0 Å². The zero-order chi connectivity index (χ0) is 13.1. The van der Waals surface area contributed by atoms with Crippen molar-refractivity contribution in [3.05, 3.63) is 45.4 Å². The second-order valence-corrected chi connectivity index (χ2v) is 4.54. The number of nitriles is 1. The van der Waals surface area contributed by atoms with Crippen LogP contribution < -0.4 is 11.1 Å². The summed E-state index contributed by atoms with van der Waals surface area (Å²) in [5, 5.41) is 11.8. The van der Waals surface area contributed by atoms with Crippen molar-refractivity contribution in [1.29, 1.82) is 5.26 Å². The minimum Gasteiger partial charge on any atom is -0.395 e. The summed E-state index contributed by atoms with van der Waals surface area (Å²) >= 11 is 1.89. The Morgan fingerprint density at radius 2 is 2.17 bits per heavy atom. The molecule has 0 bridgehead atoms. The van der Waals surface area contributed by atoms with Crippen molar-refractivity contribution in [3.8, 4) is 6.07 Å². The topological polar surface area (TPSA) is 74.7 Å². The molecule has 0 radical (unpaired) electrons. The van der Waals surface area contributed by atoms with E-state index in [4.69, 9.17) is 11.0 Å². The van der Waals surface area contributed by atoms with E-state index in [9.17, 15) is 4.39 Å². The molecule has 0 saturated heterocycles. The fraction of sp³-hybridized carbons (Fsp3) is 0. The maximum atomic E-state index is 13.4. The van der Waals surface area contributed by atoms with Gasteiger partial charge in [-0.3, -0.25) is 0 Å². The Labute approximate surface area is 117 Å². The molecule has 0 fully saturated rings. The molecule has 18 heavy (non-hydrogen) atoms. The summed E-state index contributed by atoms with van der Waals surface area (Å²) in [7, 11) is 0. The van der Waals surface area contributed by atoms with Crippen LogP contribution in [-0.4, -0.2) is 4.98 Å². The molecule has 6 heteroatoms. The van der Waals surface area contributed by atoms with Gasteiger partial charge < -0.3 is 11.1 Å². The Bertz CT molecular complexity index is 636. The number of nitrogens with two attached hydrogens (primary N) is 1. The molecule has 0 aliphatic rings. The summed E-state index contributed by atoms with van der Waals surface area (Å²) in [6.07, 6.45) is 1.48. The molecule has 3 N–H and O–H groups in total. The van der Waals surface area contributed by atoms with E-state index in [1.54, 1.807) is 12.1 Å². The number of hydrogen-bond acceptors (Lipinski definition) is 4. The van der Waals surface area contributed by atoms with Gasteiger partial charge in [-0.25, -0.2) is 9.37 Å². The zero-order valence-corrected chi connectivity index (χ0v) is 11.3. The van der Waals surface area contributed by atoms with Gasteiger partial charge in [0.25, 0.3) is 0 Å². The average Bonchev–Trinajstić information content (AvgIpc) is 2.37. The number of anilines is 3. The molecule has 2 aromatic rings. The van der Waals surface area contributed by atoms with Crippen molar-refractivity contribution in [3.63, 3.8) is 0 Å². The van der Waals surface area contributed by atoms with Crippen molar-refractivity contribution in [2.24, 2.45) is 0 Å². The lowest BCUT2D eigenvalue weighted by molar-refractivity contribution is 0.621. The molecule has 1 heterocycles. The lowest BCUT2D eigenvalue weighted by atomic mass is 10.2. The van der Waals surface area contributed by atoms with Crippen LogP contribution in [0.15, 0.2) is 30.5 Å². The molecule has 0 aliphatic carbocycles. The lowest BCUT2D eigenvalue weighted by Crippen LogP contribution is -2.02. The summed E-state index contributed by atoms with van der Waals surface area (Å²) in [6.45, 7) is 0. The van der Waals surface area contributed by atoms with Crippen molar-refractivity contribution in [2.45, 2.75) is 0 Å². The largest absolute Gasteiger partial charge is 0.395 e. The van der Waals surface area contributed by atoms with Crippen LogP contribution in [0.25, 0.3) is 0 Å². The van der Waals surface area contributed by atoms with Gasteiger partial charge in [0, 0.05) is 6.20 Å². The van der Waals surface area contributed by atoms with E-state index >= 15 is 0 Å². The van der Waals surface area contributed by atoms with Gasteiger partial charge in [0.05, 0.1) is 20.5 Å². The van der Waals surface area contributed by atoms with E-state index in [0.717, 1.165) is 0 Å². The average molecular weight is 354 g/mol. The smallest absolute Gasteiger partial charge is 0.154 e. The molecule has 1 aromatic heterocycles. The molecule has 0 amide bonds. The number of pyridine rings is 1. The molecule has 0 saturated carbocycles. The van der Waals surface area contributed by atoms with Crippen molar-refractivity contribution < 1.29 is 4.39 Å². The molecule has 2 rings (SSSR count). The van der Waals surface area contributed by atoms with Crippen molar-refractivity contribution >= 4 is 39.8 Å². The lowest BCUT2D eigenvalue weighted by Gasteiger charge is -2.10. The van der Waals surface area contributed by atoms with Gasteiger partial charge in [0.1, 0.15) is 11.9 Å². The van der Waals surface area contributed by atoms with Crippen LogP contribution in [0.5, 0.6) is 0 Å². The SMILES string of the molecule is N#Cc1ccnc(Nc2cccc(F)c2I)c1N. The fourth-order valence-corrected chi connectivity index (χ4v) is 1.89. The Morgan fingerprint density at radius 3 is 2.89 bits per heavy atom. The monoisotopic (exact) mass is 354 g/mol. The summed E-state index contributed by atoms with van der Waals surface area (Å²) in [6, 6.07) is 8.16. The van der Waals surface area contributed by atoms with E-state index in [0.29, 0.717) is 20.6 Å². The number of nitrogens with one attached hydrogen (secondary N) is 1. The minimum absolute atomic E-state index is 0.250. The number of benzene rings is 1. The van der Waals surface area contributed by atoms with Crippen LogP contribution >= 0.6 is 22.6 Å². The van der Waals surface area contributed by atoms with E-state index in [2.05, 4.69) is 10.3 Å². The molecular weight excluding hydrogens is 346 g/mol. The van der Waals surface area contributed by atoms with Crippen LogP contribution in [-0.2, 0) is 0 Å². The number of nitrogen functional groups attached to an aromatic ring is 1. The Kier molecular flexibility index (Phi) is 3.62. The number of hydrogen-bond donors (Lipinski definition) is 2. The van der Waals surface area contributed by atoms with Crippen LogP contribution in [0, 0.1) is 20.7 Å². The minimum atomic E-state index is -0.324. The summed E-state index contributed by atoms with van der Waals surface area (Å²) < 4.78 is 13.8. The Morgan fingerprint density at radius 1 is 1.39 bits per heavy atom. The van der Waals surface area contributed by atoms with Gasteiger partial charge >= 0.3 is 0 Å². The Balaban J connectivity index is 2.41. The normalized spacial score (nSPS) is 9.83. The highest BCUT2D eigenvalue weighted by Gasteiger charge is 2.09. The van der Waals surface area contributed by atoms with Crippen LogP contribution in [0.3, 0.4) is 0 Å². The Hall–Kier alpha value is -1.88. The van der Waals surface area contributed by atoms with Gasteiger partial charge in [-0.2, -0.15) is 5.26 Å². The van der Waals surface area contributed by atoms with Gasteiger partial charge in [-0.15, -0.1) is 0 Å². The molecule has 4 nitrogen and oxygen atoms in total. The number of nitrogens with zero attached hydrogens (tertiary/aromatic N) is 2. The van der Waals surface area contributed by atoms with E-state index in [1.807, 2.05) is 28.7 Å². The van der Waals surface area contributed by atoms with Crippen LogP contribution in [0.1, 0.15) is 5.56 Å². The summed E-state index contributed by atoms with van der Waals surface area (Å²) in [4.78, 5) is 4.04. The quantitative estimate of drug-likeness (QED) is 0.813. The van der Waals surface area contributed by atoms with Gasteiger partial charge in [-0.1, -0.05) is 6.07 Å². The first kappa shape index (κ1) is 12.6. The highest BCUT2D eigenvalue weighted by Crippen LogP contribution is 2.27.